The van der Waals surface area contributed by atoms with E-state index in [1.165, 1.54) is 0 Å². The molecule has 0 heterocycles. The summed E-state index contributed by atoms with van der Waals surface area (Å²) in [4.78, 5) is 0. The predicted octanol–water partition coefficient (Wildman–Crippen LogP) is 4.90. The van der Waals surface area contributed by atoms with E-state index in [4.69, 9.17) is 20.6 Å². The number of hydrogen-bond acceptors (Lipinski definition) is 3. The van der Waals surface area contributed by atoms with Crippen LogP contribution in [0.1, 0.15) is 13.8 Å². The Kier molecular flexibility index (Phi) is 5.60. The molecule has 0 radical (unpaired) electrons. The van der Waals surface area contributed by atoms with Crippen LogP contribution in [0.2, 0.25) is 5.02 Å². The molecule has 21 heavy (non-hydrogen) atoms. The van der Waals surface area contributed by atoms with Gasteiger partial charge >= 0.3 is 7.60 Å². The molecule has 0 N–H and O–H groups in total. The van der Waals surface area contributed by atoms with Crippen LogP contribution in [0.15, 0.2) is 48.5 Å². The van der Waals surface area contributed by atoms with Gasteiger partial charge in [0, 0.05) is 5.02 Å². The second kappa shape index (κ2) is 7.24. The number of hydrogen-bond donors (Lipinski definition) is 0. The number of rotatable bonds is 6. The van der Waals surface area contributed by atoms with Gasteiger partial charge in [0.1, 0.15) is 0 Å². The fraction of sp³-hybridized carbons (Fsp3) is 0.250. The van der Waals surface area contributed by atoms with Crippen molar-refractivity contribution in [3.8, 4) is 11.1 Å². The van der Waals surface area contributed by atoms with Gasteiger partial charge in [0.05, 0.1) is 18.5 Å². The quantitative estimate of drug-likeness (QED) is 0.709. The smallest absolute Gasteiger partial charge is 0.305 e. The molecule has 0 amide bonds. The summed E-state index contributed by atoms with van der Waals surface area (Å²) in [6.45, 7) is 4.26. The molecule has 2 aromatic carbocycles. The van der Waals surface area contributed by atoms with Crippen molar-refractivity contribution >= 4 is 24.5 Å². The van der Waals surface area contributed by atoms with E-state index in [1.807, 2.05) is 30.3 Å². The Balaban J connectivity index is 2.54. The van der Waals surface area contributed by atoms with Gasteiger partial charge in [0.25, 0.3) is 0 Å². The molecular formula is C16H18ClO3P. The van der Waals surface area contributed by atoms with Crippen molar-refractivity contribution in [2.75, 3.05) is 13.2 Å². The SMILES string of the molecule is CCOP(=O)(OCC)c1ccccc1-c1ccc(Cl)cc1. The summed E-state index contributed by atoms with van der Waals surface area (Å²) in [6, 6.07) is 14.8. The maximum absolute atomic E-state index is 13.0. The molecule has 5 heteroatoms. The summed E-state index contributed by atoms with van der Waals surface area (Å²) in [6.07, 6.45) is 0. The van der Waals surface area contributed by atoms with E-state index in [0.717, 1.165) is 11.1 Å². The lowest BCUT2D eigenvalue weighted by molar-refractivity contribution is 0.230. The zero-order valence-electron chi connectivity index (χ0n) is 12.1. The molecule has 3 nitrogen and oxygen atoms in total. The van der Waals surface area contributed by atoms with E-state index in [1.54, 1.807) is 32.0 Å². The highest BCUT2D eigenvalue weighted by Gasteiger charge is 2.29. The molecular weight excluding hydrogens is 307 g/mol. The van der Waals surface area contributed by atoms with Gasteiger partial charge in [-0.3, -0.25) is 4.57 Å². The van der Waals surface area contributed by atoms with Crippen molar-refractivity contribution < 1.29 is 13.6 Å². The molecule has 112 valence electrons. The first-order chi connectivity index (χ1) is 10.1. The van der Waals surface area contributed by atoms with E-state index in [0.29, 0.717) is 23.5 Å². The molecule has 0 saturated carbocycles. The minimum Gasteiger partial charge on any atom is -0.305 e. The lowest BCUT2D eigenvalue weighted by Gasteiger charge is -2.20. The fourth-order valence-electron chi connectivity index (χ4n) is 2.10. The second-order valence-corrected chi connectivity index (χ2v) is 6.79. The first-order valence-electron chi connectivity index (χ1n) is 6.85. The van der Waals surface area contributed by atoms with Crippen LogP contribution in [0.5, 0.6) is 0 Å². The molecule has 0 aliphatic rings. The maximum Gasteiger partial charge on any atom is 0.361 e. The molecule has 0 fully saturated rings. The molecule has 0 bridgehead atoms. The van der Waals surface area contributed by atoms with Crippen LogP contribution in [-0.4, -0.2) is 13.2 Å². The highest BCUT2D eigenvalue weighted by atomic mass is 35.5. The maximum atomic E-state index is 13.0. The lowest BCUT2D eigenvalue weighted by atomic mass is 10.1. The average molecular weight is 325 g/mol. The second-order valence-electron chi connectivity index (χ2n) is 4.36. The Labute approximate surface area is 130 Å². The van der Waals surface area contributed by atoms with Crippen molar-refractivity contribution in [3.05, 3.63) is 53.6 Å². The third kappa shape index (κ3) is 3.75. The van der Waals surface area contributed by atoms with E-state index in [2.05, 4.69) is 0 Å². The first kappa shape index (κ1) is 16.3. The van der Waals surface area contributed by atoms with Crippen LogP contribution in [-0.2, 0) is 13.6 Å². The Bertz CT molecular complexity index is 630. The molecule has 2 aromatic rings. The van der Waals surface area contributed by atoms with Gasteiger partial charge in [-0.1, -0.05) is 41.9 Å². The Morgan fingerprint density at radius 1 is 0.952 bits per heavy atom. The van der Waals surface area contributed by atoms with E-state index in [-0.39, 0.29) is 0 Å². The van der Waals surface area contributed by atoms with Gasteiger partial charge in [-0.15, -0.1) is 0 Å². The summed E-state index contributed by atoms with van der Waals surface area (Å²) in [5.41, 5.74) is 1.76. The largest absolute Gasteiger partial charge is 0.361 e. The minimum absolute atomic E-state index is 0.326. The van der Waals surface area contributed by atoms with Gasteiger partial charge in [0.15, 0.2) is 0 Å². The van der Waals surface area contributed by atoms with Gasteiger partial charge in [-0.05, 0) is 43.2 Å². The van der Waals surface area contributed by atoms with Gasteiger partial charge in [-0.25, -0.2) is 0 Å². The summed E-state index contributed by atoms with van der Waals surface area (Å²) in [5.74, 6) is 0. The average Bonchev–Trinajstić information content (AvgIpc) is 2.48. The summed E-state index contributed by atoms with van der Waals surface area (Å²) < 4.78 is 23.9. The van der Waals surface area contributed by atoms with Gasteiger partial charge < -0.3 is 9.05 Å². The molecule has 0 aliphatic heterocycles. The molecule has 0 aromatic heterocycles. The van der Waals surface area contributed by atoms with E-state index in [9.17, 15) is 4.57 Å². The van der Waals surface area contributed by atoms with Gasteiger partial charge in [-0.2, -0.15) is 0 Å². The summed E-state index contributed by atoms with van der Waals surface area (Å²) >= 11 is 5.92. The molecule has 0 saturated heterocycles. The topological polar surface area (TPSA) is 35.5 Å². The van der Waals surface area contributed by atoms with Crippen molar-refractivity contribution in [1.29, 1.82) is 0 Å². The monoisotopic (exact) mass is 324 g/mol. The van der Waals surface area contributed by atoms with Crippen LogP contribution < -0.4 is 5.30 Å². The van der Waals surface area contributed by atoms with Crippen LogP contribution >= 0.6 is 19.2 Å². The molecule has 0 aliphatic carbocycles. The van der Waals surface area contributed by atoms with Crippen molar-refractivity contribution in [1.82, 2.24) is 0 Å². The van der Waals surface area contributed by atoms with Crippen LogP contribution in [0.25, 0.3) is 11.1 Å². The first-order valence-corrected chi connectivity index (χ1v) is 8.77. The standard InChI is InChI=1S/C16H18ClO3P/c1-3-19-21(18,20-4-2)16-8-6-5-7-15(16)13-9-11-14(17)12-10-13/h5-12H,3-4H2,1-2H3. The van der Waals surface area contributed by atoms with E-state index < -0.39 is 7.60 Å². The highest BCUT2D eigenvalue weighted by Crippen LogP contribution is 2.49. The zero-order chi connectivity index (χ0) is 15.3. The Morgan fingerprint density at radius 3 is 2.10 bits per heavy atom. The third-order valence-electron chi connectivity index (χ3n) is 2.95. The Morgan fingerprint density at radius 2 is 1.52 bits per heavy atom. The Hall–Kier alpha value is -1.12. The molecule has 0 spiro atoms. The normalized spacial score (nSPS) is 11.6. The summed E-state index contributed by atoms with van der Waals surface area (Å²) in [7, 11) is -3.32. The zero-order valence-corrected chi connectivity index (χ0v) is 13.7. The molecule has 0 atom stereocenters. The van der Waals surface area contributed by atoms with Crippen LogP contribution in [0.3, 0.4) is 0 Å². The third-order valence-corrected chi connectivity index (χ3v) is 5.38. The lowest BCUT2D eigenvalue weighted by Crippen LogP contribution is -2.13. The van der Waals surface area contributed by atoms with Crippen LogP contribution in [0, 0.1) is 0 Å². The highest BCUT2D eigenvalue weighted by molar-refractivity contribution is 7.62. The van der Waals surface area contributed by atoms with Crippen LogP contribution in [0.4, 0.5) is 0 Å². The van der Waals surface area contributed by atoms with Gasteiger partial charge in [0.2, 0.25) is 0 Å². The molecule has 0 unspecified atom stereocenters. The fourth-order valence-corrected chi connectivity index (χ4v) is 4.03. The number of halogens is 1. The van der Waals surface area contributed by atoms with Crippen molar-refractivity contribution in [2.45, 2.75) is 13.8 Å². The molecule has 2 rings (SSSR count). The number of benzene rings is 2. The van der Waals surface area contributed by atoms with Crippen molar-refractivity contribution in [2.24, 2.45) is 0 Å². The summed E-state index contributed by atoms with van der Waals surface area (Å²) in [5, 5.41) is 1.24. The van der Waals surface area contributed by atoms with Crippen molar-refractivity contribution in [3.63, 3.8) is 0 Å². The van der Waals surface area contributed by atoms with E-state index >= 15 is 0 Å². The predicted molar refractivity (Wildman–Crippen MR) is 87.4 cm³/mol. The minimum atomic E-state index is -3.32.